The van der Waals surface area contributed by atoms with Crippen molar-refractivity contribution < 1.29 is 33.4 Å². The summed E-state index contributed by atoms with van der Waals surface area (Å²) in [5, 5.41) is 3.33. The van der Waals surface area contributed by atoms with Crippen LogP contribution in [0.1, 0.15) is 39.2 Å². The fraction of sp³-hybridized carbons (Fsp3) is 0.455. The van der Waals surface area contributed by atoms with E-state index < -0.39 is 35.6 Å². The van der Waals surface area contributed by atoms with Gasteiger partial charge >= 0.3 is 18.0 Å². The topological polar surface area (TPSA) is 113 Å². The monoisotopic (exact) mass is 432 g/mol. The molecule has 1 atom stereocenters. The second-order valence-corrected chi connectivity index (χ2v) is 7.95. The first kappa shape index (κ1) is 23.9. The zero-order valence-electron chi connectivity index (χ0n) is 18.4. The highest BCUT2D eigenvalue weighted by Gasteiger charge is 2.26. The zero-order chi connectivity index (χ0) is 23.2. The maximum atomic E-state index is 12.7. The maximum Gasteiger partial charge on any atom is 0.419 e. The molecule has 2 rings (SSSR count). The summed E-state index contributed by atoms with van der Waals surface area (Å²) in [7, 11) is 2.46. The summed E-state index contributed by atoms with van der Waals surface area (Å²) in [6, 6.07) is 6.20. The van der Waals surface area contributed by atoms with Crippen molar-refractivity contribution in [2.75, 3.05) is 14.2 Å². The number of rotatable bonds is 7. The van der Waals surface area contributed by atoms with Crippen molar-refractivity contribution in [1.82, 2.24) is 9.88 Å². The van der Waals surface area contributed by atoms with E-state index in [9.17, 15) is 19.2 Å². The molecule has 0 aliphatic carbocycles. The van der Waals surface area contributed by atoms with Gasteiger partial charge in [-0.1, -0.05) is 18.2 Å². The van der Waals surface area contributed by atoms with Gasteiger partial charge in [0.05, 0.1) is 26.2 Å². The average molecular weight is 432 g/mol. The standard InChI is InChI=1S/C22H28N2O7/c1-22(2,3)31-21(28)24-13-14(15-8-6-7-9-17(15)24)12-16(20(27)30-5)23-18(25)10-11-19(26)29-4/h6-9,13,16H,10-12H2,1-5H3,(H,23,25)/t16-/m0/s1. The first-order valence-electron chi connectivity index (χ1n) is 9.82. The molecule has 9 heteroatoms. The number of nitrogens with one attached hydrogen (secondary N) is 1. The van der Waals surface area contributed by atoms with Crippen LogP contribution in [-0.4, -0.2) is 54.4 Å². The molecule has 0 bridgehead atoms. The number of fused-ring (bicyclic) bond motifs is 1. The van der Waals surface area contributed by atoms with E-state index in [0.717, 1.165) is 5.39 Å². The van der Waals surface area contributed by atoms with Crippen molar-refractivity contribution in [3.05, 3.63) is 36.0 Å². The molecule has 1 heterocycles. The van der Waals surface area contributed by atoms with E-state index in [2.05, 4.69) is 10.1 Å². The van der Waals surface area contributed by atoms with Crippen molar-refractivity contribution in [3.63, 3.8) is 0 Å². The molecular formula is C22H28N2O7. The van der Waals surface area contributed by atoms with Gasteiger partial charge in [0.1, 0.15) is 11.6 Å². The molecule has 31 heavy (non-hydrogen) atoms. The first-order chi connectivity index (χ1) is 14.6. The number of esters is 2. The summed E-state index contributed by atoms with van der Waals surface area (Å²) >= 11 is 0. The lowest BCUT2D eigenvalue weighted by atomic mass is 10.0. The number of para-hydroxylation sites is 1. The Bertz CT molecular complexity index is 972. The number of ether oxygens (including phenoxy) is 3. The van der Waals surface area contributed by atoms with Crippen molar-refractivity contribution in [2.45, 2.75) is 51.7 Å². The molecule has 0 fully saturated rings. The van der Waals surface area contributed by atoms with Crippen LogP contribution in [0.15, 0.2) is 30.5 Å². The Morgan fingerprint density at radius 3 is 2.32 bits per heavy atom. The average Bonchev–Trinajstić information content (AvgIpc) is 3.08. The van der Waals surface area contributed by atoms with Crippen LogP contribution < -0.4 is 5.32 Å². The summed E-state index contributed by atoms with van der Waals surface area (Å²) in [4.78, 5) is 48.4. The zero-order valence-corrected chi connectivity index (χ0v) is 18.4. The van der Waals surface area contributed by atoms with Crippen molar-refractivity contribution in [3.8, 4) is 0 Å². The van der Waals surface area contributed by atoms with Crippen molar-refractivity contribution >= 4 is 34.8 Å². The predicted octanol–water partition coefficient (Wildman–Crippen LogP) is 2.58. The van der Waals surface area contributed by atoms with Gasteiger partial charge in [-0.15, -0.1) is 0 Å². The van der Waals surface area contributed by atoms with E-state index in [4.69, 9.17) is 9.47 Å². The number of carbonyl (C=O) groups excluding carboxylic acids is 4. The van der Waals surface area contributed by atoms with Crippen LogP contribution in [0.3, 0.4) is 0 Å². The molecule has 0 saturated heterocycles. The number of carbonyl (C=O) groups is 4. The molecule has 0 radical (unpaired) electrons. The molecular weight excluding hydrogens is 404 g/mol. The third-order valence-electron chi connectivity index (χ3n) is 4.41. The van der Waals surface area contributed by atoms with Crippen molar-refractivity contribution in [2.24, 2.45) is 0 Å². The van der Waals surface area contributed by atoms with Gasteiger partial charge in [-0.25, -0.2) is 9.59 Å². The molecule has 2 aromatic rings. The summed E-state index contributed by atoms with van der Waals surface area (Å²) in [5.41, 5.74) is 0.600. The molecule has 168 valence electrons. The predicted molar refractivity (Wildman–Crippen MR) is 112 cm³/mol. The fourth-order valence-electron chi connectivity index (χ4n) is 3.01. The van der Waals surface area contributed by atoms with Gasteiger partial charge < -0.3 is 19.5 Å². The number of hydrogen-bond acceptors (Lipinski definition) is 7. The molecule has 0 aliphatic heterocycles. The quantitative estimate of drug-likeness (QED) is 0.528. The summed E-state index contributed by atoms with van der Waals surface area (Å²) in [5.74, 6) is -1.65. The fourth-order valence-corrected chi connectivity index (χ4v) is 3.01. The molecule has 1 amide bonds. The van der Waals surface area contributed by atoms with Crippen LogP contribution in [0.25, 0.3) is 10.9 Å². The summed E-state index contributed by atoms with van der Waals surface area (Å²) < 4.78 is 16.2. The Morgan fingerprint density at radius 2 is 1.71 bits per heavy atom. The lowest BCUT2D eigenvalue weighted by Gasteiger charge is -2.19. The molecule has 0 aliphatic rings. The number of nitrogens with zero attached hydrogens (tertiary/aromatic N) is 1. The molecule has 9 nitrogen and oxygen atoms in total. The molecule has 0 saturated carbocycles. The third-order valence-corrected chi connectivity index (χ3v) is 4.41. The number of benzene rings is 1. The lowest BCUT2D eigenvalue weighted by molar-refractivity contribution is -0.145. The normalized spacial score (nSPS) is 12.2. The van der Waals surface area contributed by atoms with Crippen LogP contribution in [0.5, 0.6) is 0 Å². The Labute approximate surface area is 180 Å². The van der Waals surface area contributed by atoms with Gasteiger partial charge in [-0.2, -0.15) is 0 Å². The van der Waals surface area contributed by atoms with E-state index in [1.165, 1.54) is 18.8 Å². The smallest absolute Gasteiger partial charge is 0.419 e. The SMILES string of the molecule is COC(=O)CCC(=O)N[C@@H](Cc1cn(C(=O)OC(C)(C)C)c2ccccc12)C(=O)OC. The lowest BCUT2D eigenvalue weighted by Crippen LogP contribution is -2.43. The molecule has 1 aromatic carbocycles. The van der Waals surface area contributed by atoms with E-state index in [-0.39, 0.29) is 19.3 Å². The second-order valence-electron chi connectivity index (χ2n) is 7.95. The highest BCUT2D eigenvalue weighted by molar-refractivity contribution is 5.93. The van der Waals surface area contributed by atoms with Gasteiger partial charge in [-0.3, -0.25) is 14.2 Å². The summed E-state index contributed by atoms with van der Waals surface area (Å²) in [6.45, 7) is 5.32. The highest BCUT2D eigenvalue weighted by Crippen LogP contribution is 2.24. The van der Waals surface area contributed by atoms with Crippen LogP contribution in [0.2, 0.25) is 0 Å². The van der Waals surface area contributed by atoms with Gasteiger partial charge in [0.15, 0.2) is 0 Å². The third kappa shape index (κ3) is 6.56. The minimum absolute atomic E-state index is 0.0902. The molecule has 0 unspecified atom stereocenters. The van der Waals surface area contributed by atoms with Crippen LogP contribution in [-0.2, 0) is 35.0 Å². The number of hydrogen-bond donors (Lipinski definition) is 1. The Hall–Kier alpha value is -3.36. The van der Waals surface area contributed by atoms with Gasteiger partial charge in [-0.05, 0) is 32.4 Å². The Morgan fingerprint density at radius 1 is 1.03 bits per heavy atom. The largest absolute Gasteiger partial charge is 0.469 e. The van der Waals surface area contributed by atoms with Crippen molar-refractivity contribution in [1.29, 1.82) is 0 Å². The van der Waals surface area contributed by atoms with E-state index in [0.29, 0.717) is 11.1 Å². The number of methoxy groups -OCH3 is 2. The Balaban J connectivity index is 2.29. The number of amides is 1. The van der Waals surface area contributed by atoms with Crippen LogP contribution in [0.4, 0.5) is 4.79 Å². The first-order valence-corrected chi connectivity index (χ1v) is 9.82. The number of aromatic nitrogens is 1. The maximum absolute atomic E-state index is 12.7. The van der Waals surface area contributed by atoms with E-state index in [1.807, 2.05) is 12.1 Å². The van der Waals surface area contributed by atoms with E-state index in [1.54, 1.807) is 39.1 Å². The Kier molecular flexibility index (Phi) is 7.79. The molecule has 1 N–H and O–H groups in total. The van der Waals surface area contributed by atoms with Crippen LogP contribution in [0, 0.1) is 0 Å². The minimum Gasteiger partial charge on any atom is -0.469 e. The van der Waals surface area contributed by atoms with Crippen LogP contribution >= 0.6 is 0 Å². The molecule has 0 spiro atoms. The highest BCUT2D eigenvalue weighted by atomic mass is 16.6. The van der Waals surface area contributed by atoms with Gasteiger partial charge in [0.2, 0.25) is 5.91 Å². The molecule has 1 aromatic heterocycles. The second kappa shape index (κ2) is 10.1. The van der Waals surface area contributed by atoms with Gasteiger partial charge in [0.25, 0.3) is 0 Å². The van der Waals surface area contributed by atoms with E-state index >= 15 is 0 Å². The summed E-state index contributed by atoms with van der Waals surface area (Å²) in [6.07, 6.45) is 0.905. The van der Waals surface area contributed by atoms with Gasteiger partial charge in [0, 0.05) is 24.4 Å². The minimum atomic E-state index is -0.993.